The second-order valence-electron chi connectivity index (χ2n) is 7.08. The van der Waals surface area contributed by atoms with Crippen LogP contribution in [0, 0.1) is 0 Å². The molecule has 0 aliphatic carbocycles. The van der Waals surface area contributed by atoms with Gasteiger partial charge in [0.1, 0.15) is 0 Å². The minimum Gasteiger partial charge on any atom is -0.329 e. The smallest absolute Gasteiger partial charge is 0.247 e. The Kier molecular flexibility index (Phi) is 4.13. The fraction of sp³-hybridized carbons (Fsp3) is 0.174. The number of aromatic nitrogens is 3. The van der Waals surface area contributed by atoms with Crippen LogP contribution in [0.25, 0.3) is 22.5 Å². The molecule has 0 N–H and O–H groups in total. The van der Waals surface area contributed by atoms with Crippen molar-refractivity contribution in [2.45, 2.75) is 18.9 Å². The lowest BCUT2D eigenvalue weighted by Gasteiger charge is -2.22. The molecule has 1 atom stereocenters. The average molecular weight is 368 g/mol. The second kappa shape index (κ2) is 6.93. The molecule has 5 rings (SSSR count). The van der Waals surface area contributed by atoms with Gasteiger partial charge in [-0.05, 0) is 47.4 Å². The van der Waals surface area contributed by atoms with Gasteiger partial charge in [-0.3, -0.25) is 9.20 Å². The van der Waals surface area contributed by atoms with Crippen LogP contribution in [0.5, 0.6) is 0 Å². The Balaban J connectivity index is 1.43. The molecule has 1 fully saturated rings. The number of carbonyl (C=O) groups excluding carboxylic acids is 1. The van der Waals surface area contributed by atoms with Crippen molar-refractivity contribution in [2.75, 3.05) is 6.54 Å². The topological polar surface area (TPSA) is 50.5 Å². The Hall–Kier alpha value is -3.47. The summed E-state index contributed by atoms with van der Waals surface area (Å²) < 4.78 is 1.98. The minimum absolute atomic E-state index is 0.0168. The van der Waals surface area contributed by atoms with Crippen LogP contribution in [0.3, 0.4) is 0 Å². The van der Waals surface area contributed by atoms with Crippen LogP contribution in [0.15, 0.2) is 72.9 Å². The van der Waals surface area contributed by atoms with Gasteiger partial charge in [0.2, 0.25) is 5.91 Å². The molecule has 0 spiro atoms. The van der Waals surface area contributed by atoms with Crippen molar-refractivity contribution >= 4 is 28.4 Å². The number of likely N-dealkylation sites (tertiary alicyclic amines) is 1. The standard InChI is InChI=1S/C23H20N4O/c28-22(14-13-18-9-5-8-17-7-1-2-10-19(17)18)26-16-6-11-20(26)23-25-24-21-12-3-4-15-27(21)23/h1-5,7-10,12-15,20H,6,11,16H2/b14-13+. The largest absolute Gasteiger partial charge is 0.329 e. The Labute approximate surface area is 162 Å². The maximum atomic E-state index is 13.0. The molecule has 2 aromatic heterocycles. The van der Waals surface area contributed by atoms with E-state index in [9.17, 15) is 4.79 Å². The summed E-state index contributed by atoms with van der Waals surface area (Å²) in [5, 5.41) is 10.9. The zero-order valence-electron chi connectivity index (χ0n) is 15.4. The van der Waals surface area contributed by atoms with Gasteiger partial charge in [-0.1, -0.05) is 48.5 Å². The van der Waals surface area contributed by atoms with Gasteiger partial charge in [-0.25, -0.2) is 0 Å². The quantitative estimate of drug-likeness (QED) is 0.508. The van der Waals surface area contributed by atoms with Crippen LogP contribution in [-0.2, 0) is 4.79 Å². The number of benzene rings is 2. The fourth-order valence-electron chi connectivity index (χ4n) is 4.04. The van der Waals surface area contributed by atoms with E-state index in [0.29, 0.717) is 0 Å². The van der Waals surface area contributed by atoms with Crippen LogP contribution in [0.2, 0.25) is 0 Å². The summed E-state index contributed by atoms with van der Waals surface area (Å²) in [6.45, 7) is 0.741. The van der Waals surface area contributed by atoms with Crippen LogP contribution >= 0.6 is 0 Å². The van der Waals surface area contributed by atoms with Gasteiger partial charge in [-0.2, -0.15) is 0 Å². The average Bonchev–Trinajstić information content (AvgIpc) is 3.38. The number of amides is 1. The summed E-state index contributed by atoms with van der Waals surface area (Å²) in [6.07, 6.45) is 7.44. The Bertz CT molecular complexity index is 1190. The van der Waals surface area contributed by atoms with Gasteiger partial charge >= 0.3 is 0 Å². The van der Waals surface area contributed by atoms with Crippen molar-refractivity contribution in [3.63, 3.8) is 0 Å². The van der Waals surface area contributed by atoms with Gasteiger partial charge < -0.3 is 4.90 Å². The third-order valence-corrected chi connectivity index (χ3v) is 5.40. The molecule has 5 nitrogen and oxygen atoms in total. The number of hydrogen-bond acceptors (Lipinski definition) is 3. The highest BCUT2D eigenvalue weighted by molar-refractivity contribution is 5.97. The van der Waals surface area contributed by atoms with E-state index in [1.54, 1.807) is 6.08 Å². The lowest BCUT2D eigenvalue weighted by atomic mass is 10.0. The van der Waals surface area contributed by atoms with Crippen molar-refractivity contribution in [1.82, 2.24) is 19.5 Å². The molecule has 28 heavy (non-hydrogen) atoms. The molecule has 0 radical (unpaired) electrons. The summed E-state index contributed by atoms with van der Waals surface area (Å²) in [6, 6.07) is 20.2. The number of rotatable bonds is 3. The number of pyridine rings is 1. The molecule has 138 valence electrons. The highest BCUT2D eigenvalue weighted by Crippen LogP contribution is 2.31. The minimum atomic E-state index is -0.0398. The lowest BCUT2D eigenvalue weighted by Crippen LogP contribution is -2.30. The normalized spacial score (nSPS) is 17.1. The van der Waals surface area contributed by atoms with E-state index in [1.165, 1.54) is 5.39 Å². The summed E-state index contributed by atoms with van der Waals surface area (Å²) in [5.41, 5.74) is 1.86. The van der Waals surface area contributed by atoms with Gasteiger partial charge in [0, 0.05) is 18.8 Å². The van der Waals surface area contributed by atoms with E-state index in [1.807, 2.05) is 64.0 Å². The van der Waals surface area contributed by atoms with E-state index in [2.05, 4.69) is 28.4 Å². The molecule has 1 saturated heterocycles. The number of nitrogens with zero attached hydrogens (tertiary/aromatic N) is 4. The maximum absolute atomic E-state index is 13.0. The molecule has 1 unspecified atom stereocenters. The molecule has 0 bridgehead atoms. The van der Waals surface area contributed by atoms with Crippen molar-refractivity contribution in [3.8, 4) is 0 Å². The van der Waals surface area contributed by atoms with Crippen molar-refractivity contribution in [1.29, 1.82) is 0 Å². The zero-order chi connectivity index (χ0) is 18.9. The predicted octanol–water partition coefficient (Wildman–Crippen LogP) is 4.26. The molecule has 0 saturated carbocycles. The SMILES string of the molecule is O=C(/C=C/c1cccc2ccccc12)N1CCCC1c1nnc2ccccn12. The van der Waals surface area contributed by atoms with Crippen LogP contribution in [0.4, 0.5) is 0 Å². The van der Waals surface area contributed by atoms with Gasteiger partial charge in [-0.15, -0.1) is 10.2 Å². The zero-order valence-corrected chi connectivity index (χ0v) is 15.4. The Morgan fingerprint density at radius 2 is 1.86 bits per heavy atom. The lowest BCUT2D eigenvalue weighted by molar-refractivity contribution is -0.127. The molecule has 1 aliphatic rings. The highest BCUT2D eigenvalue weighted by atomic mass is 16.2. The molecule has 3 heterocycles. The molecule has 1 aliphatic heterocycles. The summed E-state index contributed by atoms with van der Waals surface area (Å²) in [5.74, 6) is 0.850. The first-order chi connectivity index (χ1) is 13.8. The number of carbonyl (C=O) groups is 1. The first-order valence-electron chi connectivity index (χ1n) is 9.57. The van der Waals surface area contributed by atoms with E-state index in [-0.39, 0.29) is 11.9 Å². The number of fused-ring (bicyclic) bond motifs is 2. The summed E-state index contributed by atoms with van der Waals surface area (Å²) >= 11 is 0. The molecule has 4 aromatic rings. The fourth-order valence-corrected chi connectivity index (χ4v) is 4.04. The van der Waals surface area contributed by atoms with E-state index in [4.69, 9.17) is 0 Å². The first kappa shape index (κ1) is 16.7. The van der Waals surface area contributed by atoms with Crippen molar-refractivity contribution in [3.05, 3.63) is 84.3 Å². The Morgan fingerprint density at radius 3 is 2.82 bits per heavy atom. The van der Waals surface area contributed by atoms with Crippen LogP contribution in [-0.4, -0.2) is 31.9 Å². The first-order valence-corrected chi connectivity index (χ1v) is 9.57. The molecular weight excluding hydrogens is 348 g/mol. The van der Waals surface area contributed by atoms with Crippen LogP contribution in [0.1, 0.15) is 30.3 Å². The highest BCUT2D eigenvalue weighted by Gasteiger charge is 2.32. The number of hydrogen-bond donors (Lipinski definition) is 0. The van der Waals surface area contributed by atoms with Gasteiger partial charge in [0.05, 0.1) is 6.04 Å². The molecule has 1 amide bonds. The third-order valence-electron chi connectivity index (χ3n) is 5.40. The third kappa shape index (κ3) is 2.85. The van der Waals surface area contributed by atoms with Crippen molar-refractivity contribution < 1.29 is 4.79 Å². The van der Waals surface area contributed by atoms with Crippen LogP contribution < -0.4 is 0 Å². The van der Waals surface area contributed by atoms with E-state index < -0.39 is 0 Å². The molecule has 2 aromatic carbocycles. The second-order valence-corrected chi connectivity index (χ2v) is 7.08. The van der Waals surface area contributed by atoms with Crippen molar-refractivity contribution in [2.24, 2.45) is 0 Å². The van der Waals surface area contributed by atoms with E-state index in [0.717, 1.165) is 41.8 Å². The summed E-state index contributed by atoms with van der Waals surface area (Å²) in [4.78, 5) is 14.9. The molecule has 5 heteroatoms. The summed E-state index contributed by atoms with van der Waals surface area (Å²) in [7, 11) is 0. The van der Waals surface area contributed by atoms with E-state index >= 15 is 0 Å². The maximum Gasteiger partial charge on any atom is 0.247 e. The Morgan fingerprint density at radius 1 is 1.00 bits per heavy atom. The van der Waals surface area contributed by atoms with Gasteiger partial charge in [0.25, 0.3) is 0 Å². The predicted molar refractivity (Wildman–Crippen MR) is 110 cm³/mol. The monoisotopic (exact) mass is 368 g/mol. The van der Waals surface area contributed by atoms with Gasteiger partial charge in [0.15, 0.2) is 11.5 Å². The molecular formula is C23H20N4O.